The summed E-state index contributed by atoms with van der Waals surface area (Å²) in [5, 5.41) is 8.03. The summed E-state index contributed by atoms with van der Waals surface area (Å²) < 4.78 is 1.80. The number of unbranched alkanes of at least 4 members (excludes halogenated alkanes) is 1. The molecule has 0 aliphatic carbocycles. The quantitative estimate of drug-likeness (QED) is 0.565. The van der Waals surface area contributed by atoms with Gasteiger partial charge < -0.3 is 5.32 Å². The Kier molecular flexibility index (Phi) is 8.93. The molecule has 0 saturated carbocycles. The van der Waals surface area contributed by atoms with Crippen molar-refractivity contribution in [3.8, 4) is 0 Å². The Bertz CT molecular complexity index is 841. The van der Waals surface area contributed by atoms with E-state index < -0.39 is 0 Å². The molecule has 0 spiro atoms. The summed E-state index contributed by atoms with van der Waals surface area (Å²) in [6.07, 6.45) is 5.39. The van der Waals surface area contributed by atoms with Gasteiger partial charge in [-0.3, -0.25) is 14.4 Å². The maximum Gasteiger partial charge on any atom is 0.244 e. The largest absolute Gasteiger partial charge is 0.348 e. The van der Waals surface area contributed by atoms with Gasteiger partial charge in [-0.05, 0) is 51.4 Å². The minimum atomic E-state index is -0.145. The zero-order chi connectivity index (χ0) is 21.4. The molecular weight excluding hydrogens is 384 g/mol. The van der Waals surface area contributed by atoms with Gasteiger partial charge in [0.1, 0.15) is 5.15 Å². The smallest absolute Gasteiger partial charge is 0.244 e. The standard InChI is InChI=1S/C23H33ClN4O/c1-6-7-14-28-23(24)21(18(4)26-28)12-13-22(29)25-15-19-10-8-9-11-20(19)16-27(5)17(2)3/h8-13,17H,6-7,14-16H2,1-5H3,(H,25,29). The summed E-state index contributed by atoms with van der Waals surface area (Å²) in [5.41, 5.74) is 3.99. The Hall–Kier alpha value is -2.11. The molecule has 6 heteroatoms. The van der Waals surface area contributed by atoms with Crippen LogP contribution in [0.5, 0.6) is 0 Å². The second-order valence-corrected chi connectivity index (χ2v) is 8.05. The number of carbonyl (C=O) groups excluding carboxylic acids is 1. The van der Waals surface area contributed by atoms with E-state index in [-0.39, 0.29) is 5.91 Å². The van der Waals surface area contributed by atoms with Crippen molar-refractivity contribution in [1.82, 2.24) is 20.0 Å². The number of amides is 1. The lowest BCUT2D eigenvalue weighted by atomic mass is 10.1. The summed E-state index contributed by atoms with van der Waals surface area (Å²) in [4.78, 5) is 14.6. The molecule has 1 N–H and O–H groups in total. The first-order valence-corrected chi connectivity index (χ1v) is 10.7. The fourth-order valence-electron chi connectivity index (χ4n) is 2.95. The molecule has 0 unspecified atom stereocenters. The first-order valence-electron chi connectivity index (χ1n) is 10.3. The molecule has 0 bridgehead atoms. The van der Waals surface area contributed by atoms with Crippen molar-refractivity contribution in [2.75, 3.05) is 7.05 Å². The number of hydrogen-bond donors (Lipinski definition) is 1. The SMILES string of the molecule is CCCCn1nc(C)c(C=CC(=O)NCc2ccccc2CN(C)C(C)C)c1Cl. The van der Waals surface area contributed by atoms with Crippen LogP contribution in [0.25, 0.3) is 6.08 Å². The summed E-state index contributed by atoms with van der Waals surface area (Å²) >= 11 is 6.43. The van der Waals surface area contributed by atoms with Crippen LogP contribution in [0.1, 0.15) is 56.0 Å². The van der Waals surface area contributed by atoms with Gasteiger partial charge in [-0.15, -0.1) is 0 Å². The molecular formula is C23H33ClN4O. The van der Waals surface area contributed by atoms with Crippen LogP contribution in [0, 0.1) is 6.92 Å². The van der Waals surface area contributed by atoms with Gasteiger partial charge in [-0.2, -0.15) is 5.10 Å². The molecule has 2 rings (SSSR count). The van der Waals surface area contributed by atoms with Crippen molar-refractivity contribution in [1.29, 1.82) is 0 Å². The second-order valence-electron chi connectivity index (χ2n) is 7.70. The lowest BCUT2D eigenvalue weighted by Crippen LogP contribution is -2.27. The van der Waals surface area contributed by atoms with E-state index >= 15 is 0 Å². The Morgan fingerprint density at radius 2 is 2.00 bits per heavy atom. The summed E-state index contributed by atoms with van der Waals surface area (Å²) in [6.45, 7) is 10.5. The Labute approximate surface area is 179 Å². The van der Waals surface area contributed by atoms with E-state index in [4.69, 9.17) is 11.6 Å². The number of aromatic nitrogens is 2. The minimum Gasteiger partial charge on any atom is -0.348 e. The van der Waals surface area contributed by atoms with Crippen molar-refractivity contribution >= 4 is 23.6 Å². The van der Waals surface area contributed by atoms with Crippen LogP contribution < -0.4 is 5.32 Å². The fraction of sp³-hybridized carbons (Fsp3) is 0.478. The van der Waals surface area contributed by atoms with Gasteiger partial charge in [0, 0.05) is 37.3 Å². The zero-order valence-corrected chi connectivity index (χ0v) is 19.0. The van der Waals surface area contributed by atoms with Crippen LogP contribution >= 0.6 is 11.6 Å². The minimum absolute atomic E-state index is 0.145. The fourth-order valence-corrected chi connectivity index (χ4v) is 3.27. The van der Waals surface area contributed by atoms with Crippen molar-refractivity contribution in [3.05, 3.63) is 57.9 Å². The molecule has 29 heavy (non-hydrogen) atoms. The molecule has 0 aliphatic heterocycles. The highest BCUT2D eigenvalue weighted by atomic mass is 35.5. The van der Waals surface area contributed by atoms with Gasteiger partial charge >= 0.3 is 0 Å². The average molecular weight is 417 g/mol. The van der Waals surface area contributed by atoms with E-state index in [0.29, 0.717) is 17.7 Å². The van der Waals surface area contributed by atoms with Crippen LogP contribution in [0.4, 0.5) is 0 Å². The van der Waals surface area contributed by atoms with Crippen LogP contribution in [-0.2, 0) is 24.4 Å². The summed E-state index contributed by atoms with van der Waals surface area (Å²) in [6, 6.07) is 8.68. The third-order valence-corrected chi connectivity index (χ3v) is 5.51. The van der Waals surface area contributed by atoms with Gasteiger partial charge in [0.25, 0.3) is 0 Å². The van der Waals surface area contributed by atoms with E-state index in [1.807, 2.05) is 19.1 Å². The number of rotatable bonds is 10. The molecule has 1 aromatic carbocycles. The van der Waals surface area contributed by atoms with E-state index in [9.17, 15) is 4.79 Å². The third-order valence-electron chi connectivity index (χ3n) is 5.11. The van der Waals surface area contributed by atoms with Crippen molar-refractivity contribution in [3.63, 3.8) is 0 Å². The van der Waals surface area contributed by atoms with Crippen LogP contribution in [-0.4, -0.2) is 33.7 Å². The molecule has 1 heterocycles. The molecule has 0 aliphatic rings. The number of halogens is 1. The Morgan fingerprint density at radius 1 is 1.31 bits per heavy atom. The number of nitrogens with one attached hydrogen (secondary N) is 1. The average Bonchev–Trinajstić information content (AvgIpc) is 2.96. The highest BCUT2D eigenvalue weighted by Crippen LogP contribution is 2.21. The van der Waals surface area contributed by atoms with Gasteiger partial charge in [0.05, 0.1) is 5.69 Å². The maximum atomic E-state index is 12.4. The van der Waals surface area contributed by atoms with Crippen molar-refractivity contribution in [2.24, 2.45) is 0 Å². The van der Waals surface area contributed by atoms with Crippen molar-refractivity contribution in [2.45, 2.75) is 66.2 Å². The number of benzene rings is 1. The number of aryl methyl sites for hydroxylation is 2. The number of hydrogen-bond acceptors (Lipinski definition) is 3. The summed E-state index contributed by atoms with van der Waals surface area (Å²) in [7, 11) is 2.11. The highest BCUT2D eigenvalue weighted by molar-refractivity contribution is 6.31. The topological polar surface area (TPSA) is 50.2 Å². The van der Waals surface area contributed by atoms with Crippen molar-refractivity contribution < 1.29 is 4.79 Å². The Balaban J connectivity index is 2.00. The van der Waals surface area contributed by atoms with Gasteiger partial charge in [-0.1, -0.05) is 49.2 Å². The molecule has 5 nitrogen and oxygen atoms in total. The first kappa shape index (κ1) is 23.2. The van der Waals surface area contributed by atoms with Gasteiger partial charge in [0.2, 0.25) is 5.91 Å². The highest BCUT2D eigenvalue weighted by Gasteiger charge is 2.11. The normalized spacial score (nSPS) is 11.7. The zero-order valence-electron chi connectivity index (χ0n) is 18.2. The number of nitrogens with zero attached hydrogens (tertiary/aromatic N) is 3. The number of carbonyl (C=O) groups is 1. The van der Waals surface area contributed by atoms with E-state index in [1.165, 1.54) is 11.6 Å². The maximum absolute atomic E-state index is 12.4. The Morgan fingerprint density at radius 3 is 2.66 bits per heavy atom. The lowest BCUT2D eigenvalue weighted by molar-refractivity contribution is -0.116. The van der Waals surface area contributed by atoms with Crippen LogP contribution in [0.2, 0.25) is 5.15 Å². The molecule has 158 valence electrons. The molecule has 0 fully saturated rings. The van der Waals surface area contributed by atoms with Crippen LogP contribution in [0.15, 0.2) is 30.3 Å². The molecule has 0 saturated heterocycles. The predicted molar refractivity (Wildman–Crippen MR) is 121 cm³/mol. The lowest BCUT2D eigenvalue weighted by Gasteiger charge is -2.22. The molecule has 0 radical (unpaired) electrons. The molecule has 1 aromatic heterocycles. The monoisotopic (exact) mass is 416 g/mol. The molecule has 2 aromatic rings. The van der Waals surface area contributed by atoms with E-state index in [1.54, 1.807) is 10.8 Å². The molecule has 1 amide bonds. The second kappa shape index (κ2) is 11.2. The van der Waals surface area contributed by atoms with Gasteiger partial charge in [0.15, 0.2) is 0 Å². The first-order chi connectivity index (χ1) is 13.8. The van der Waals surface area contributed by atoms with Crippen LogP contribution in [0.3, 0.4) is 0 Å². The van der Waals surface area contributed by atoms with Gasteiger partial charge in [-0.25, -0.2) is 0 Å². The van der Waals surface area contributed by atoms with E-state index in [0.717, 1.165) is 42.8 Å². The third kappa shape index (κ3) is 6.72. The predicted octanol–water partition coefficient (Wildman–Crippen LogP) is 4.81. The van der Waals surface area contributed by atoms with E-state index in [2.05, 4.69) is 55.3 Å². The molecule has 0 atom stereocenters. The summed E-state index contributed by atoms with van der Waals surface area (Å²) in [5.74, 6) is -0.145.